The standard InChI is InChI=1S/C21H23FN4O2.2ClH/c1-28-13-21(8-10-23-11-9-21)20(27)24-16-6-7-17-18(12-16)26-19(25-17)14-2-4-15(22)5-3-14;;/h2-7,12,23H,8-11,13H2,1H3,(H,24,27)(H,25,26);2*1H. The average Bonchev–Trinajstić information content (AvgIpc) is 3.13. The third kappa shape index (κ3) is 4.92. The largest absolute Gasteiger partial charge is 0.384 e. The zero-order chi connectivity index (χ0) is 19.6. The predicted molar refractivity (Wildman–Crippen MR) is 121 cm³/mol. The molecule has 1 aromatic heterocycles. The molecule has 30 heavy (non-hydrogen) atoms. The predicted octanol–water partition coefficient (Wildman–Crippen LogP) is 4.17. The Morgan fingerprint density at radius 2 is 1.87 bits per heavy atom. The minimum absolute atomic E-state index is 0. The van der Waals surface area contributed by atoms with Crippen molar-refractivity contribution in [1.82, 2.24) is 15.3 Å². The van der Waals surface area contributed by atoms with Gasteiger partial charge in [-0.15, -0.1) is 24.8 Å². The summed E-state index contributed by atoms with van der Waals surface area (Å²) in [5, 5.41) is 6.33. The summed E-state index contributed by atoms with van der Waals surface area (Å²) in [6.45, 7) is 2.01. The molecule has 0 radical (unpaired) electrons. The summed E-state index contributed by atoms with van der Waals surface area (Å²) in [6, 6.07) is 11.7. The summed E-state index contributed by atoms with van der Waals surface area (Å²) in [5.74, 6) is 0.355. The van der Waals surface area contributed by atoms with Crippen molar-refractivity contribution in [2.75, 3.05) is 32.1 Å². The molecule has 1 amide bonds. The van der Waals surface area contributed by atoms with Crippen molar-refractivity contribution in [3.8, 4) is 11.4 Å². The van der Waals surface area contributed by atoms with Crippen molar-refractivity contribution in [3.63, 3.8) is 0 Å². The van der Waals surface area contributed by atoms with E-state index in [0.29, 0.717) is 18.1 Å². The van der Waals surface area contributed by atoms with Gasteiger partial charge in [-0.25, -0.2) is 9.37 Å². The summed E-state index contributed by atoms with van der Waals surface area (Å²) in [6.07, 6.45) is 1.49. The molecule has 162 valence electrons. The average molecular weight is 455 g/mol. The van der Waals surface area contributed by atoms with Crippen LogP contribution in [0.15, 0.2) is 42.5 Å². The van der Waals surface area contributed by atoms with Gasteiger partial charge in [0.05, 0.1) is 23.1 Å². The summed E-state index contributed by atoms with van der Waals surface area (Å²) in [5.41, 5.74) is 2.59. The number of H-pyrrole nitrogens is 1. The molecule has 2 aromatic carbocycles. The zero-order valence-corrected chi connectivity index (χ0v) is 18.2. The molecule has 1 saturated heterocycles. The lowest BCUT2D eigenvalue weighted by molar-refractivity contribution is -0.130. The number of nitrogens with zero attached hydrogens (tertiary/aromatic N) is 1. The van der Waals surface area contributed by atoms with Gasteiger partial charge in [-0.1, -0.05) is 0 Å². The van der Waals surface area contributed by atoms with E-state index in [9.17, 15) is 9.18 Å². The Kier molecular flexibility index (Phi) is 8.20. The van der Waals surface area contributed by atoms with Crippen LogP contribution in [0.4, 0.5) is 10.1 Å². The van der Waals surface area contributed by atoms with E-state index in [1.54, 1.807) is 19.2 Å². The molecule has 1 fully saturated rings. The molecule has 0 unspecified atom stereocenters. The highest BCUT2D eigenvalue weighted by atomic mass is 35.5. The fraction of sp³-hybridized carbons (Fsp3) is 0.333. The molecule has 9 heteroatoms. The molecule has 0 spiro atoms. The second-order valence-electron chi connectivity index (χ2n) is 7.24. The maximum atomic E-state index is 13.1. The minimum Gasteiger partial charge on any atom is -0.384 e. The van der Waals surface area contributed by atoms with Crippen molar-refractivity contribution in [2.24, 2.45) is 5.41 Å². The van der Waals surface area contributed by atoms with E-state index in [-0.39, 0.29) is 36.5 Å². The van der Waals surface area contributed by atoms with Crippen LogP contribution in [0.2, 0.25) is 0 Å². The highest BCUT2D eigenvalue weighted by Gasteiger charge is 2.39. The molecule has 6 nitrogen and oxygen atoms in total. The zero-order valence-electron chi connectivity index (χ0n) is 16.5. The number of anilines is 1. The summed E-state index contributed by atoms with van der Waals surface area (Å²) < 4.78 is 18.5. The Labute approximate surface area is 186 Å². The van der Waals surface area contributed by atoms with E-state index < -0.39 is 5.41 Å². The second kappa shape index (κ2) is 10.2. The number of imidazole rings is 1. The van der Waals surface area contributed by atoms with Crippen LogP contribution in [-0.4, -0.2) is 42.7 Å². The van der Waals surface area contributed by atoms with Gasteiger partial charge in [0.2, 0.25) is 5.91 Å². The number of hydrogen-bond acceptors (Lipinski definition) is 4. The molecule has 0 aliphatic carbocycles. The number of benzene rings is 2. The molecule has 4 rings (SSSR count). The topological polar surface area (TPSA) is 79.0 Å². The number of fused-ring (bicyclic) bond motifs is 1. The highest BCUT2D eigenvalue weighted by Crippen LogP contribution is 2.31. The normalized spacial score (nSPS) is 15.1. The fourth-order valence-corrected chi connectivity index (χ4v) is 3.71. The summed E-state index contributed by atoms with van der Waals surface area (Å²) in [7, 11) is 1.63. The maximum absolute atomic E-state index is 13.1. The van der Waals surface area contributed by atoms with Crippen LogP contribution in [0.1, 0.15) is 12.8 Å². The minimum atomic E-state index is -0.512. The van der Waals surface area contributed by atoms with E-state index in [2.05, 4.69) is 20.6 Å². The third-order valence-electron chi connectivity index (χ3n) is 5.32. The first-order valence-corrected chi connectivity index (χ1v) is 9.36. The molecule has 3 aromatic rings. The van der Waals surface area contributed by atoms with Gasteiger partial charge < -0.3 is 20.4 Å². The number of rotatable bonds is 5. The van der Waals surface area contributed by atoms with Gasteiger partial charge >= 0.3 is 0 Å². The van der Waals surface area contributed by atoms with Crippen LogP contribution >= 0.6 is 24.8 Å². The lowest BCUT2D eigenvalue weighted by Crippen LogP contribution is -2.47. The first-order valence-electron chi connectivity index (χ1n) is 9.36. The highest BCUT2D eigenvalue weighted by molar-refractivity contribution is 5.97. The molecule has 1 aliphatic rings. The molecular weight excluding hydrogens is 430 g/mol. The van der Waals surface area contributed by atoms with E-state index in [1.165, 1.54) is 12.1 Å². The van der Waals surface area contributed by atoms with Crippen molar-refractivity contribution in [2.45, 2.75) is 12.8 Å². The SMILES string of the molecule is COCC1(C(=O)Nc2ccc3nc(-c4ccc(F)cc4)[nH]c3c2)CCNCC1.Cl.Cl. The monoisotopic (exact) mass is 454 g/mol. The molecule has 1 aliphatic heterocycles. The molecule has 3 N–H and O–H groups in total. The van der Waals surface area contributed by atoms with Crippen molar-refractivity contribution in [3.05, 3.63) is 48.3 Å². The second-order valence-corrected chi connectivity index (χ2v) is 7.24. The first-order chi connectivity index (χ1) is 13.6. The van der Waals surface area contributed by atoms with E-state index >= 15 is 0 Å². The lowest BCUT2D eigenvalue weighted by atomic mass is 9.78. The number of carbonyl (C=O) groups excluding carboxylic acids is 1. The number of ether oxygens (including phenoxy) is 1. The summed E-state index contributed by atoms with van der Waals surface area (Å²) >= 11 is 0. The van der Waals surface area contributed by atoms with Crippen LogP contribution in [0, 0.1) is 11.2 Å². The van der Waals surface area contributed by atoms with Gasteiger partial charge in [0.1, 0.15) is 11.6 Å². The Hall–Kier alpha value is -2.19. The van der Waals surface area contributed by atoms with Crippen LogP contribution in [0.5, 0.6) is 0 Å². The lowest BCUT2D eigenvalue weighted by Gasteiger charge is -2.35. The number of piperidine rings is 1. The van der Waals surface area contributed by atoms with Crippen molar-refractivity contribution in [1.29, 1.82) is 0 Å². The molecule has 0 bridgehead atoms. The van der Waals surface area contributed by atoms with E-state index in [0.717, 1.165) is 42.5 Å². The van der Waals surface area contributed by atoms with Gasteiger partial charge in [0, 0.05) is 18.4 Å². The van der Waals surface area contributed by atoms with Crippen LogP contribution in [-0.2, 0) is 9.53 Å². The van der Waals surface area contributed by atoms with E-state index in [4.69, 9.17) is 4.74 Å². The quantitative estimate of drug-likeness (QED) is 0.540. The fourth-order valence-electron chi connectivity index (χ4n) is 3.71. The number of amides is 1. The van der Waals surface area contributed by atoms with Gasteiger partial charge in [-0.3, -0.25) is 4.79 Å². The maximum Gasteiger partial charge on any atom is 0.233 e. The molecule has 2 heterocycles. The summed E-state index contributed by atoms with van der Waals surface area (Å²) in [4.78, 5) is 20.8. The van der Waals surface area contributed by atoms with Crippen molar-refractivity contribution < 1.29 is 13.9 Å². The number of hydrogen-bond donors (Lipinski definition) is 3. The van der Waals surface area contributed by atoms with Gasteiger partial charge in [-0.05, 0) is 68.4 Å². The van der Waals surface area contributed by atoms with Crippen LogP contribution in [0.3, 0.4) is 0 Å². The molecule has 0 saturated carbocycles. The Morgan fingerprint density at radius 3 is 2.53 bits per heavy atom. The van der Waals surface area contributed by atoms with E-state index in [1.807, 2.05) is 18.2 Å². The number of aromatic amines is 1. The Morgan fingerprint density at radius 1 is 1.17 bits per heavy atom. The smallest absolute Gasteiger partial charge is 0.233 e. The Balaban J connectivity index is 0.00000160. The third-order valence-corrected chi connectivity index (χ3v) is 5.32. The number of carbonyl (C=O) groups is 1. The molecular formula is C21H25Cl2FN4O2. The Bertz CT molecular complexity index is 983. The van der Waals surface area contributed by atoms with Crippen LogP contribution in [0.25, 0.3) is 22.4 Å². The van der Waals surface area contributed by atoms with Gasteiger partial charge in [-0.2, -0.15) is 0 Å². The number of nitrogens with one attached hydrogen (secondary N) is 3. The molecule has 0 atom stereocenters. The number of halogens is 3. The first kappa shape index (κ1) is 24.1. The van der Waals surface area contributed by atoms with Crippen molar-refractivity contribution >= 4 is 47.4 Å². The van der Waals surface area contributed by atoms with Gasteiger partial charge in [0.15, 0.2) is 0 Å². The number of methoxy groups -OCH3 is 1. The van der Waals surface area contributed by atoms with Gasteiger partial charge in [0.25, 0.3) is 0 Å². The number of aromatic nitrogens is 2. The van der Waals surface area contributed by atoms with Crippen LogP contribution < -0.4 is 10.6 Å².